The van der Waals surface area contributed by atoms with E-state index in [4.69, 9.17) is 4.74 Å². The van der Waals surface area contributed by atoms with Gasteiger partial charge in [0.2, 0.25) is 0 Å². The third kappa shape index (κ3) is 4.35. The number of hydrogen-bond acceptors (Lipinski definition) is 3. The largest absolute Gasteiger partial charge is 0.492 e. The molecule has 0 N–H and O–H groups in total. The number of aldehydes is 1. The van der Waals surface area contributed by atoms with E-state index in [9.17, 15) is 4.79 Å². The van der Waals surface area contributed by atoms with Crippen LogP contribution in [-0.2, 0) is 0 Å². The molecule has 1 fully saturated rings. The topological polar surface area (TPSA) is 29.5 Å². The number of nitrogens with zero attached hydrogens (tertiary/aromatic N) is 1. The maximum Gasteiger partial charge on any atom is 0.150 e. The van der Waals surface area contributed by atoms with Gasteiger partial charge in [-0.15, -0.1) is 0 Å². The van der Waals surface area contributed by atoms with Gasteiger partial charge in [0, 0.05) is 25.2 Å². The van der Waals surface area contributed by atoms with E-state index in [1.54, 1.807) is 12.1 Å². The van der Waals surface area contributed by atoms with Gasteiger partial charge in [0.1, 0.15) is 18.6 Å². The summed E-state index contributed by atoms with van der Waals surface area (Å²) < 4.78 is 5.72. The molecule has 3 heteroatoms. The van der Waals surface area contributed by atoms with Crippen molar-refractivity contribution < 1.29 is 9.53 Å². The Hall–Kier alpha value is -1.35. The van der Waals surface area contributed by atoms with Crippen LogP contribution in [0.5, 0.6) is 5.75 Å². The summed E-state index contributed by atoms with van der Waals surface area (Å²) in [5, 5.41) is 0. The predicted octanol–water partition coefficient (Wildman–Crippen LogP) is 2.86. The molecule has 0 unspecified atom stereocenters. The average molecular weight is 261 g/mol. The van der Waals surface area contributed by atoms with Crippen LogP contribution in [0.1, 0.15) is 30.6 Å². The molecule has 1 heterocycles. The van der Waals surface area contributed by atoms with E-state index in [2.05, 4.69) is 18.7 Å². The highest BCUT2D eigenvalue weighted by Gasteiger charge is 2.21. The summed E-state index contributed by atoms with van der Waals surface area (Å²) >= 11 is 0. The van der Waals surface area contributed by atoms with Crippen LogP contribution in [0, 0.1) is 11.8 Å². The standard InChI is InChI=1S/C16H23NO2/c1-13-8-14(2)11-17(10-13)6-7-19-16-5-3-4-15(9-16)12-18/h3-5,9,12-14H,6-8,10-11H2,1-2H3/t13-,14-/m0/s1. The lowest BCUT2D eigenvalue weighted by Crippen LogP contribution is -2.40. The van der Waals surface area contributed by atoms with Crippen LogP contribution in [0.15, 0.2) is 24.3 Å². The molecule has 0 aliphatic carbocycles. The minimum absolute atomic E-state index is 0.665. The molecule has 0 spiro atoms. The first-order chi connectivity index (χ1) is 9.17. The zero-order chi connectivity index (χ0) is 13.7. The fourth-order valence-corrected chi connectivity index (χ4v) is 2.94. The SMILES string of the molecule is C[C@H]1C[C@H](C)CN(CCOc2cccc(C=O)c2)C1. The van der Waals surface area contributed by atoms with Crippen molar-refractivity contribution >= 4 is 6.29 Å². The fourth-order valence-electron chi connectivity index (χ4n) is 2.94. The summed E-state index contributed by atoms with van der Waals surface area (Å²) in [4.78, 5) is 13.2. The van der Waals surface area contributed by atoms with E-state index in [1.165, 1.54) is 19.5 Å². The van der Waals surface area contributed by atoms with Crippen molar-refractivity contribution in [3.8, 4) is 5.75 Å². The molecule has 19 heavy (non-hydrogen) atoms. The first kappa shape index (κ1) is 14.1. The second-order valence-corrected chi connectivity index (χ2v) is 5.74. The van der Waals surface area contributed by atoms with Crippen LogP contribution in [0.2, 0.25) is 0 Å². The molecule has 1 aliphatic rings. The quantitative estimate of drug-likeness (QED) is 0.763. The molecule has 1 aromatic rings. The third-order valence-corrected chi connectivity index (χ3v) is 3.61. The van der Waals surface area contributed by atoms with Crippen molar-refractivity contribution in [2.24, 2.45) is 11.8 Å². The smallest absolute Gasteiger partial charge is 0.150 e. The predicted molar refractivity (Wildman–Crippen MR) is 76.7 cm³/mol. The van der Waals surface area contributed by atoms with Gasteiger partial charge in [0.25, 0.3) is 0 Å². The van der Waals surface area contributed by atoms with Crippen molar-refractivity contribution in [2.75, 3.05) is 26.2 Å². The molecule has 3 nitrogen and oxygen atoms in total. The molecule has 1 aromatic carbocycles. The van der Waals surface area contributed by atoms with Crippen LogP contribution >= 0.6 is 0 Å². The number of hydrogen-bond donors (Lipinski definition) is 0. The molecule has 2 atom stereocenters. The summed E-state index contributed by atoms with van der Waals surface area (Å²) in [5.74, 6) is 2.34. The van der Waals surface area contributed by atoms with Crippen molar-refractivity contribution in [2.45, 2.75) is 20.3 Å². The maximum absolute atomic E-state index is 10.7. The monoisotopic (exact) mass is 261 g/mol. The summed E-state index contributed by atoms with van der Waals surface area (Å²) in [6.45, 7) is 8.61. The lowest BCUT2D eigenvalue weighted by atomic mass is 9.92. The van der Waals surface area contributed by atoms with Gasteiger partial charge in [-0.05, 0) is 30.4 Å². The van der Waals surface area contributed by atoms with Gasteiger partial charge in [0.15, 0.2) is 0 Å². The molecule has 0 radical (unpaired) electrons. The highest BCUT2D eigenvalue weighted by Crippen LogP contribution is 2.20. The van der Waals surface area contributed by atoms with Crippen LogP contribution in [0.3, 0.4) is 0 Å². The van der Waals surface area contributed by atoms with Crippen molar-refractivity contribution in [3.63, 3.8) is 0 Å². The molecular weight excluding hydrogens is 238 g/mol. The van der Waals surface area contributed by atoms with E-state index < -0.39 is 0 Å². The normalized spacial score (nSPS) is 24.1. The van der Waals surface area contributed by atoms with Crippen LogP contribution < -0.4 is 4.74 Å². The number of carbonyl (C=O) groups is 1. The maximum atomic E-state index is 10.7. The number of likely N-dealkylation sites (tertiary alicyclic amines) is 1. The van der Waals surface area contributed by atoms with Crippen molar-refractivity contribution in [1.29, 1.82) is 0 Å². The Balaban J connectivity index is 1.78. The number of benzene rings is 1. The third-order valence-electron chi connectivity index (χ3n) is 3.61. The van der Waals surface area contributed by atoms with Crippen molar-refractivity contribution in [1.82, 2.24) is 4.90 Å². The van der Waals surface area contributed by atoms with E-state index >= 15 is 0 Å². The van der Waals surface area contributed by atoms with Gasteiger partial charge in [-0.3, -0.25) is 9.69 Å². The van der Waals surface area contributed by atoms with Gasteiger partial charge >= 0.3 is 0 Å². The van der Waals surface area contributed by atoms with E-state index in [0.717, 1.165) is 30.4 Å². The molecule has 2 rings (SSSR count). The number of piperidine rings is 1. The zero-order valence-corrected chi connectivity index (χ0v) is 11.8. The molecule has 0 aromatic heterocycles. The van der Waals surface area contributed by atoms with E-state index in [1.807, 2.05) is 12.1 Å². The second kappa shape index (κ2) is 6.71. The van der Waals surface area contributed by atoms with Gasteiger partial charge in [0.05, 0.1) is 0 Å². The van der Waals surface area contributed by atoms with Crippen LogP contribution in [0.25, 0.3) is 0 Å². The average Bonchev–Trinajstić information content (AvgIpc) is 2.38. The molecule has 0 saturated carbocycles. The summed E-state index contributed by atoms with van der Waals surface area (Å²) in [6, 6.07) is 7.32. The Bertz CT molecular complexity index is 409. The fraction of sp³-hybridized carbons (Fsp3) is 0.562. The van der Waals surface area contributed by atoms with Crippen LogP contribution in [0.4, 0.5) is 0 Å². The Kier molecular flexibility index (Phi) is 4.97. The highest BCUT2D eigenvalue weighted by atomic mass is 16.5. The second-order valence-electron chi connectivity index (χ2n) is 5.74. The summed E-state index contributed by atoms with van der Waals surface area (Å²) in [7, 11) is 0. The van der Waals surface area contributed by atoms with Gasteiger partial charge < -0.3 is 4.74 Å². The number of carbonyl (C=O) groups excluding carboxylic acids is 1. The molecule has 104 valence electrons. The van der Waals surface area contributed by atoms with Crippen LogP contribution in [-0.4, -0.2) is 37.4 Å². The molecular formula is C16H23NO2. The number of ether oxygens (including phenoxy) is 1. The minimum Gasteiger partial charge on any atom is -0.492 e. The Labute approximate surface area is 115 Å². The molecule has 1 aliphatic heterocycles. The van der Waals surface area contributed by atoms with Crippen molar-refractivity contribution in [3.05, 3.63) is 29.8 Å². The summed E-state index contributed by atoms with van der Waals surface area (Å²) in [5.41, 5.74) is 0.665. The van der Waals surface area contributed by atoms with Gasteiger partial charge in [-0.25, -0.2) is 0 Å². The molecule has 1 saturated heterocycles. The molecule has 0 bridgehead atoms. The molecule has 0 amide bonds. The van der Waals surface area contributed by atoms with Gasteiger partial charge in [-0.1, -0.05) is 26.0 Å². The number of rotatable bonds is 5. The Morgan fingerprint density at radius 3 is 2.74 bits per heavy atom. The highest BCUT2D eigenvalue weighted by molar-refractivity contribution is 5.75. The Morgan fingerprint density at radius 2 is 2.05 bits per heavy atom. The lowest BCUT2D eigenvalue weighted by Gasteiger charge is -2.34. The first-order valence-corrected chi connectivity index (χ1v) is 7.07. The van der Waals surface area contributed by atoms with Gasteiger partial charge in [-0.2, -0.15) is 0 Å². The Morgan fingerprint density at radius 1 is 1.32 bits per heavy atom. The zero-order valence-electron chi connectivity index (χ0n) is 11.8. The lowest BCUT2D eigenvalue weighted by molar-refractivity contribution is 0.112. The van der Waals surface area contributed by atoms with E-state index in [0.29, 0.717) is 12.2 Å². The summed E-state index contributed by atoms with van der Waals surface area (Å²) in [6.07, 6.45) is 2.18. The first-order valence-electron chi connectivity index (χ1n) is 7.07. The minimum atomic E-state index is 0.665. The van der Waals surface area contributed by atoms with E-state index in [-0.39, 0.29) is 0 Å².